The number of anilines is 1. The zero-order valence-corrected chi connectivity index (χ0v) is 19.0. The molecule has 0 spiro atoms. The average molecular weight is 494 g/mol. The van der Waals surface area contributed by atoms with Crippen molar-refractivity contribution in [2.24, 2.45) is 0 Å². The number of carbonyl (C=O) groups excluding carboxylic acids is 2. The third-order valence-corrected chi connectivity index (χ3v) is 5.92. The fourth-order valence-corrected chi connectivity index (χ4v) is 4.38. The fraction of sp³-hybridized carbons (Fsp3) is 0.200. The zero-order chi connectivity index (χ0) is 26.0. The molecule has 11 heteroatoms. The topological polar surface area (TPSA) is 121 Å². The summed E-state index contributed by atoms with van der Waals surface area (Å²) in [6.07, 6.45) is -1.77. The van der Waals surface area contributed by atoms with Crippen molar-refractivity contribution in [3.63, 3.8) is 0 Å². The van der Waals surface area contributed by atoms with Gasteiger partial charge in [-0.2, -0.15) is 18.4 Å². The van der Waals surface area contributed by atoms with E-state index in [-0.39, 0.29) is 29.9 Å². The molecule has 1 atom stereocenters. The molecule has 0 aromatic heterocycles. The number of nitrogens with zero attached hydrogens (tertiary/aromatic N) is 2. The Kier molecular flexibility index (Phi) is 6.53. The van der Waals surface area contributed by atoms with E-state index in [2.05, 4.69) is 16.0 Å². The lowest BCUT2D eigenvalue weighted by Crippen LogP contribution is -2.52. The minimum atomic E-state index is -4.61. The minimum Gasteiger partial charge on any atom is -0.393 e. The van der Waals surface area contributed by atoms with Gasteiger partial charge in [0.15, 0.2) is 0 Å². The van der Waals surface area contributed by atoms with Crippen molar-refractivity contribution in [3.8, 4) is 6.07 Å². The first-order chi connectivity index (χ1) is 17.2. The van der Waals surface area contributed by atoms with Gasteiger partial charge < -0.3 is 21.4 Å². The minimum absolute atomic E-state index is 0.0155. The summed E-state index contributed by atoms with van der Waals surface area (Å²) in [4.78, 5) is 27.5. The predicted molar refractivity (Wildman–Crippen MR) is 127 cm³/mol. The third-order valence-electron chi connectivity index (χ3n) is 5.92. The number of halogens is 3. The summed E-state index contributed by atoms with van der Waals surface area (Å²) in [5.41, 5.74) is 1.15. The Morgan fingerprint density at radius 1 is 1.25 bits per heavy atom. The highest BCUT2D eigenvalue weighted by molar-refractivity contribution is 6.10. The molecule has 0 fully saturated rings. The van der Waals surface area contributed by atoms with E-state index >= 15 is 0 Å². The first kappa shape index (κ1) is 24.5. The Bertz CT molecular complexity index is 1360. The van der Waals surface area contributed by atoms with E-state index in [1.54, 1.807) is 25.4 Å². The van der Waals surface area contributed by atoms with Gasteiger partial charge in [0.25, 0.3) is 5.91 Å². The van der Waals surface area contributed by atoms with E-state index in [4.69, 9.17) is 5.41 Å². The van der Waals surface area contributed by atoms with Crippen LogP contribution in [0.1, 0.15) is 34.7 Å². The summed E-state index contributed by atoms with van der Waals surface area (Å²) < 4.78 is 40.0. The number of nitrogens with one attached hydrogen (secondary N) is 4. The standard InChI is InChI=1S/C25H21F3N6O2/c1-31-13-15(12-30)19-9-14(11-29)5-6-18(19)22-21-20(7-8-32-23(21)35)34(24(36)33-22)17-4-2-3-16(10-17)25(26,27)28/h2-6,9-10,12-13,22,30-31H,7-8H2,1H3,(H,32,35)(H,33,36)/b15-13+,30-12?. The molecule has 2 aromatic rings. The summed E-state index contributed by atoms with van der Waals surface area (Å²) in [5.74, 6) is -0.470. The number of allylic oxidation sites excluding steroid dienone is 1. The summed E-state index contributed by atoms with van der Waals surface area (Å²) in [6, 6.07) is 9.42. The average Bonchev–Trinajstić information content (AvgIpc) is 2.86. The molecule has 0 saturated carbocycles. The van der Waals surface area contributed by atoms with Crippen molar-refractivity contribution in [3.05, 3.63) is 82.2 Å². The highest BCUT2D eigenvalue weighted by Crippen LogP contribution is 2.40. The first-order valence-electron chi connectivity index (χ1n) is 10.9. The number of urea groups is 1. The van der Waals surface area contributed by atoms with Gasteiger partial charge in [-0.05, 0) is 41.5 Å². The van der Waals surface area contributed by atoms with Crippen LogP contribution in [0.3, 0.4) is 0 Å². The van der Waals surface area contributed by atoms with Crippen LogP contribution < -0.4 is 20.9 Å². The molecular formula is C25H21F3N6O2. The molecule has 2 heterocycles. The maximum atomic E-state index is 13.3. The summed E-state index contributed by atoms with van der Waals surface area (Å²) >= 11 is 0. The van der Waals surface area contributed by atoms with Crippen LogP contribution in [0, 0.1) is 16.7 Å². The molecule has 184 valence electrons. The molecule has 8 nitrogen and oxygen atoms in total. The quantitative estimate of drug-likeness (QED) is 0.472. The number of hydrogen-bond acceptors (Lipinski definition) is 5. The van der Waals surface area contributed by atoms with Crippen molar-refractivity contribution >= 4 is 29.4 Å². The van der Waals surface area contributed by atoms with Crippen molar-refractivity contribution in [1.29, 1.82) is 10.7 Å². The van der Waals surface area contributed by atoms with Crippen molar-refractivity contribution in [1.82, 2.24) is 16.0 Å². The van der Waals surface area contributed by atoms with Gasteiger partial charge in [0.05, 0.1) is 34.5 Å². The number of carbonyl (C=O) groups is 2. The number of hydrogen-bond donors (Lipinski definition) is 4. The molecule has 0 saturated heterocycles. The third kappa shape index (κ3) is 4.40. The van der Waals surface area contributed by atoms with E-state index in [1.165, 1.54) is 18.2 Å². The Hall–Kier alpha value is -4.59. The van der Waals surface area contributed by atoms with Gasteiger partial charge >= 0.3 is 12.2 Å². The molecule has 36 heavy (non-hydrogen) atoms. The Balaban J connectivity index is 1.92. The summed E-state index contributed by atoms with van der Waals surface area (Å²) in [5, 5.41) is 25.5. The van der Waals surface area contributed by atoms with Crippen molar-refractivity contribution in [2.45, 2.75) is 18.6 Å². The van der Waals surface area contributed by atoms with Crippen LogP contribution >= 0.6 is 0 Å². The lowest BCUT2D eigenvalue weighted by atomic mass is 9.86. The molecule has 2 aromatic carbocycles. The monoisotopic (exact) mass is 494 g/mol. The molecule has 3 amide bonds. The van der Waals surface area contributed by atoms with Gasteiger partial charge in [-0.15, -0.1) is 0 Å². The van der Waals surface area contributed by atoms with E-state index in [9.17, 15) is 28.0 Å². The van der Waals surface area contributed by atoms with Crippen LogP contribution in [-0.2, 0) is 11.0 Å². The Morgan fingerprint density at radius 3 is 2.69 bits per heavy atom. The van der Waals surface area contributed by atoms with Crippen LogP contribution in [-0.4, -0.2) is 31.7 Å². The summed E-state index contributed by atoms with van der Waals surface area (Å²) in [7, 11) is 1.64. The predicted octanol–water partition coefficient (Wildman–Crippen LogP) is 3.83. The van der Waals surface area contributed by atoms with Gasteiger partial charge in [-0.25, -0.2) is 4.79 Å². The largest absolute Gasteiger partial charge is 0.416 e. The maximum absolute atomic E-state index is 13.3. The molecule has 2 aliphatic rings. The van der Waals surface area contributed by atoms with Crippen molar-refractivity contribution < 1.29 is 22.8 Å². The van der Waals surface area contributed by atoms with E-state index < -0.39 is 29.7 Å². The van der Waals surface area contributed by atoms with Crippen LogP contribution in [0.2, 0.25) is 0 Å². The Labute approximate surface area is 204 Å². The van der Waals surface area contributed by atoms with Gasteiger partial charge in [0, 0.05) is 43.7 Å². The number of rotatable bonds is 5. The van der Waals surface area contributed by atoms with E-state index in [0.29, 0.717) is 22.3 Å². The second kappa shape index (κ2) is 9.58. The number of nitriles is 1. The zero-order valence-electron chi connectivity index (χ0n) is 19.0. The Morgan fingerprint density at radius 2 is 2.03 bits per heavy atom. The van der Waals surface area contributed by atoms with Crippen LogP contribution in [0.25, 0.3) is 5.57 Å². The smallest absolute Gasteiger partial charge is 0.393 e. The molecule has 2 aliphatic heterocycles. The van der Waals surface area contributed by atoms with Gasteiger partial charge in [0.1, 0.15) is 0 Å². The number of alkyl halides is 3. The van der Waals surface area contributed by atoms with Crippen molar-refractivity contribution in [2.75, 3.05) is 18.5 Å². The summed E-state index contributed by atoms with van der Waals surface area (Å²) in [6.45, 7) is 0.207. The number of benzene rings is 2. The molecule has 4 N–H and O–H groups in total. The maximum Gasteiger partial charge on any atom is 0.416 e. The molecule has 0 radical (unpaired) electrons. The normalized spacial score (nSPS) is 18.1. The van der Waals surface area contributed by atoms with E-state index in [0.717, 1.165) is 23.2 Å². The first-order valence-corrected chi connectivity index (χ1v) is 10.9. The molecule has 1 unspecified atom stereocenters. The van der Waals surface area contributed by atoms with Crippen LogP contribution in [0.15, 0.2) is 59.9 Å². The fourth-order valence-electron chi connectivity index (χ4n) is 4.38. The van der Waals surface area contributed by atoms with Crippen LogP contribution in [0.5, 0.6) is 0 Å². The van der Waals surface area contributed by atoms with Gasteiger partial charge in [-0.3, -0.25) is 9.69 Å². The molecular weight excluding hydrogens is 473 g/mol. The van der Waals surface area contributed by atoms with Gasteiger partial charge in [-0.1, -0.05) is 12.1 Å². The number of amides is 3. The molecule has 0 aliphatic carbocycles. The van der Waals surface area contributed by atoms with E-state index in [1.807, 2.05) is 6.07 Å². The van der Waals surface area contributed by atoms with Gasteiger partial charge in [0.2, 0.25) is 0 Å². The molecule has 0 bridgehead atoms. The second-order valence-corrected chi connectivity index (χ2v) is 8.08. The SMILES string of the molecule is CN/C=C(\C=N)c1cc(C#N)ccc1C1NC(=O)N(c2cccc(C(F)(F)F)c2)C2=C1C(=O)NCC2. The lowest BCUT2D eigenvalue weighted by Gasteiger charge is -2.39. The second-order valence-electron chi connectivity index (χ2n) is 8.08. The molecule has 4 rings (SSSR count). The highest BCUT2D eigenvalue weighted by atomic mass is 19.4. The van der Waals surface area contributed by atoms with Crippen LogP contribution in [0.4, 0.5) is 23.7 Å². The lowest BCUT2D eigenvalue weighted by molar-refractivity contribution is -0.137. The highest BCUT2D eigenvalue weighted by Gasteiger charge is 2.41.